The number of likely N-dealkylation sites (N-methyl/N-ethyl adjacent to an activating group) is 2. The highest BCUT2D eigenvalue weighted by molar-refractivity contribution is 5.81. The molecule has 1 aliphatic carbocycles. The molecule has 0 bridgehead atoms. The fourth-order valence-corrected chi connectivity index (χ4v) is 2.87. The molecule has 4 nitrogen and oxygen atoms in total. The average molecular weight is 241 g/mol. The normalized spacial score (nSPS) is 26.9. The molecule has 1 rings (SSSR count). The first-order chi connectivity index (χ1) is 7.99. The molecule has 1 aliphatic rings. The van der Waals surface area contributed by atoms with Gasteiger partial charge in [-0.05, 0) is 40.8 Å². The highest BCUT2D eigenvalue weighted by Gasteiger charge is 2.33. The molecular formula is C13H27N3O. The molecule has 1 saturated carbocycles. The van der Waals surface area contributed by atoms with Crippen molar-refractivity contribution in [2.45, 2.75) is 57.7 Å². The van der Waals surface area contributed by atoms with Crippen LogP contribution >= 0.6 is 0 Å². The Kier molecular flexibility index (Phi) is 5.40. The number of carbonyl (C=O) groups is 1. The molecule has 0 saturated heterocycles. The lowest BCUT2D eigenvalue weighted by Gasteiger charge is -2.43. The lowest BCUT2D eigenvalue weighted by atomic mass is 9.88. The molecule has 100 valence electrons. The lowest BCUT2D eigenvalue weighted by molar-refractivity contribution is -0.136. The molecule has 0 aliphatic heterocycles. The van der Waals surface area contributed by atoms with Crippen LogP contribution in [0.25, 0.3) is 0 Å². The van der Waals surface area contributed by atoms with Gasteiger partial charge in [-0.15, -0.1) is 0 Å². The maximum atomic E-state index is 12.1. The van der Waals surface area contributed by atoms with Crippen LogP contribution in [0.3, 0.4) is 0 Å². The number of amides is 1. The van der Waals surface area contributed by atoms with Gasteiger partial charge in [0.1, 0.15) is 0 Å². The molecule has 17 heavy (non-hydrogen) atoms. The molecule has 4 heteroatoms. The first kappa shape index (κ1) is 14.5. The monoisotopic (exact) mass is 241 g/mol. The van der Waals surface area contributed by atoms with E-state index in [9.17, 15) is 4.79 Å². The van der Waals surface area contributed by atoms with E-state index >= 15 is 0 Å². The first-order valence-electron chi connectivity index (χ1n) is 6.71. The standard InChI is InChI=1S/C13H27N3O/c1-5-16(13(17)10(2)14)12-9-7-6-8-11(12)15(3)4/h10-12H,5-9,14H2,1-4H3/t10?,11?,12-/m0/s1. The first-order valence-corrected chi connectivity index (χ1v) is 6.71. The second kappa shape index (κ2) is 6.36. The van der Waals surface area contributed by atoms with E-state index in [4.69, 9.17) is 5.73 Å². The number of rotatable bonds is 4. The Morgan fingerprint density at radius 2 is 1.82 bits per heavy atom. The quantitative estimate of drug-likeness (QED) is 0.800. The Bertz CT molecular complexity index is 253. The average Bonchev–Trinajstić information content (AvgIpc) is 2.30. The second-order valence-corrected chi connectivity index (χ2v) is 5.30. The van der Waals surface area contributed by atoms with Crippen molar-refractivity contribution in [3.8, 4) is 0 Å². The van der Waals surface area contributed by atoms with Gasteiger partial charge in [-0.1, -0.05) is 12.8 Å². The van der Waals surface area contributed by atoms with E-state index in [2.05, 4.69) is 19.0 Å². The van der Waals surface area contributed by atoms with Crippen molar-refractivity contribution in [2.24, 2.45) is 5.73 Å². The van der Waals surface area contributed by atoms with Crippen LogP contribution in [0.5, 0.6) is 0 Å². The van der Waals surface area contributed by atoms with Gasteiger partial charge >= 0.3 is 0 Å². The predicted molar refractivity (Wildman–Crippen MR) is 70.8 cm³/mol. The van der Waals surface area contributed by atoms with Gasteiger partial charge in [0, 0.05) is 18.6 Å². The maximum absolute atomic E-state index is 12.1. The molecule has 3 atom stereocenters. The summed E-state index contributed by atoms with van der Waals surface area (Å²) in [4.78, 5) is 16.4. The van der Waals surface area contributed by atoms with E-state index < -0.39 is 0 Å². The predicted octanol–water partition coefficient (Wildman–Crippen LogP) is 1.05. The van der Waals surface area contributed by atoms with Gasteiger partial charge in [0.05, 0.1) is 6.04 Å². The molecule has 0 aromatic rings. The van der Waals surface area contributed by atoms with Crippen LogP contribution in [0.15, 0.2) is 0 Å². The third kappa shape index (κ3) is 3.42. The van der Waals surface area contributed by atoms with E-state index in [0.29, 0.717) is 12.1 Å². The Hall–Kier alpha value is -0.610. The van der Waals surface area contributed by atoms with Crippen LogP contribution in [-0.2, 0) is 4.79 Å². The molecule has 2 N–H and O–H groups in total. The fraction of sp³-hybridized carbons (Fsp3) is 0.923. The molecular weight excluding hydrogens is 214 g/mol. The van der Waals surface area contributed by atoms with Gasteiger partial charge in [-0.25, -0.2) is 0 Å². The minimum atomic E-state index is -0.389. The van der Waals surface area contributed by atoms with Crippen molar-refractivity contribution in [3.05, 3.63) is 0 Å². The van der Waals surface area contributed by atoms with Crippen molar-refractivity contribution in [3.63, 3.8) is 0 Å². The summed E-state index contributed by atoms with van der Waals surface area (Å²) in [5.41, 5.74) is 5.74. The van der Waals surface area contributed by atoms with Gasteiger partial charge in [-0.2, -0.15) is 0 Å². The summed E-state index contributed by atoms with van der Waals surface area (Å²) in [7, 11) is 4.21. The number of carbonyl (C=O) groups excluding carboxylic acids is 1. The van der Waals surface area contributed by atoms with Gasteiger partial charge in [-0.3, -0.25) is 4.79 Å². The van der Waals surface area contributed by atoms with Crippen LogP contribution in [0.2, 0.25) is 0 Å². The molecule has 0 spiro atoms. The number of hydrogen-bond donors (Lipinski definition) is 1. The Morgan fingerprint density at radius 3 is 2.24 bits per heavy atom. The zero-order chi connectivity index (χ0) is 13.0. The fourth-order valence-electron chi connectivity index (χ4n) is 2.87. The Morgan fingerprint density at radius 1 is 1.29 bits per heavy atom. The lowest BCUT2D eigenvalue weighted by Crippen LogP contribution is -2.56. The van der Waals surface area contributed by atoms with E-state index in [1.165, 1.54) is 19.3 Å². The molecule has 2 unspecified atom stereocenters. The Balaban J connectivity index is 2.80. The molecule has 0 aromatic heterocycles. The Labute approximate surface area is 105 Å². The largest absolute Gasteiger partial charge is 0.337 e. The molecule has 1 fully saturated rings. The zero-order valence-electron chi connectivity index (χ0n) is 11.6. The number of hydrogen-bond acceptors (Lipinski definition) is 3. The smallest absolute Gasteiger partial charge is 0.239 e. The minimum absolute atomic E-state index is 0.0891. The van der Waals surface area contributed by atoms with E-state index in [0.717, 1.165) is 13.0 Å². The summed E-state index contributed by atoms with van der Waals surface area (Å²) in [6.07, 6.45) is 4.77. The van der Waals surface area contributed by atoms with Crippen molar-refractivity contribution >= 4 is 5.91 Å². The number of nitrogens with zero attached hydrogens (tertiary/aromatic N) is 2. The summed E-state index contributed by atoms with van der Waals surface area (Å²) < 4.78 is 0. The highest BCUT2D eigenvalue weighted by atomic mass is 16.2. The van der Waals surface area contributed by atoms with Gasteiger partial charge in [0.15, 0.2) is 0 Å². The highest BCUT2D eigenvalue weighted by Crippen LogP contribution is 2.26. The topological polar surface area (TPSA) is 49.6 Å². The van der Waals surface area contributed by atoms with Crippen molar-refractivity contribution in [1.82, 2.24) is 9.80 Å². The summed E-state index contributed by atoms with van der Waals surface area (Å²) >= 11 is 0. The third-order valence-corrected chi connectivity index (χ3v) is 3.77. The van der Waals surface area contributed by atoms with Crippen LogP contribution < -0.4 is 5.73 Å². The van der Waals surface area contributed by atoms with Crippen molar-refractivity contribution in [2.75, 3.05) is 20.6 Å². The molecule has 1 amide bonds. The molecule has 0 aromatic carbocycles. The summed E-state index contributed by atoms with van der Waals surface area (Å²) in [6.45, 7) is 4.58. The third-order valence-electron chi connectivity index (χ3n) is 3.77. The van der Waals surface area contributed by atoms with E-state index in [1.54, 1.807) is 6.92 Å². The van der Waals surface area contributed by atoms with Crippen molar-refractivity contribution in [1.29, 1.82) is 0 Å². The zero-order valence-corrected chi connectivity index (χ0v) is 11.6. The van der Waals surface area contributed by atoms with E-state index in [-0.39, 0.29) is 11.9 Å². The molecule has 0 radical (unpaired) electrons. The van der Waals surface area contributed by atoms with Crippen molar-refractivity contribution < 1.29 is 4.79 Å². The van der Waals surface area contributed by atoms with Crippen LogP contribution in [0.1, 0.15) is 39.5 Å². The number of nitrogens with two attached hydrogens (primary N) is 1. The molecule has 0 heterocycles. The summed E-state index contributed by atoms with van der Waals surface area (Å²) in [5, 5.41) is 0. The van der Waals surface area contributed by atoms with E-state index in [1.807, 2.05) is 11.8 Å². The SMILES string of the molecule is CCN(C(=O)C(C)N)[C@H]1CCCCC1N(C)C. The van der Waals surface area contributed by atoms with Gasteiger partial charge in [0.2, 0.25) is 5.91 Å². The summed E-state index contributed by atoms with van der Waals surface area (Å²) in [5.74, 6) is 0.0891. The van der Waals surface area contributed by atoms with Crippen LogP contribution in [-0.4, -0.2) is 54.5 Å². The van der Waals surface area contributed by atoms with Crippen LogP contribution in [0.4, 0.5) is 0 Å². The van der Waals surface area contributed by atoms with Gasteiger partial charge < -0.3 is 15.5 Å². The van der Waals surface area contributed by atoms with Crippen LogP contribution in [0, 0.1) is 0 Å². The van der Waals surface area contributed by atoms with Gasteiger partial charge in [0.25, 0.3) is 0 Å². The summed E-state index contributed by atoms with van der Waals surface area (Å²) in [6, 6.07) is 0.424. The minimum Gasteiger partial charge on any atom is -0.337 e. The maximum Gasteiger partial charge on any atom is 0.239 e. The second-order valence-electron chi connectivity index (χ2n) is 5.30.